The fraction of sp³-hybridized carbons (Fsp3) is 1.00. The maximum Gasteiger partial charge on any atom is 0.0731 e. The van der Waals surface area contributed by atoms with Gasteiger partial charge in [0.05, 0.1) is 12.2 Å². The van der Waals surface area contributed by atoms with Crippen LogP contribution < -0.4 is 5.32 Å². The van der Waals surface area contributed by atoms with Gasteiger partial charge in [-0.25, -0.2) is 0 Å². The summed E-state index contributed by atoms with van der Waals surface area (Å²) < 4.78 is 6.37. The van der Waals surface area contributed by atoms with Crippen molar-refractivity contribution >= 4 is 0 Å². The molecular formula is C14H27NO. The molecule has 1 N–H and O–H groups in total. The number of nitrogens with one attached hydrogen (secondary N) is 1. The first-order valence-corrected chi connectivity index (χ1v) is 7.20. The van der Waals surface area contributed by atoms with Gasteiger partial charge in [0.25, 0.3) is 0 Å². The lowest BCUT2D eigenvalue weighted by Crippen LogP contribution is -2.41. The Morgan fingerprint density at radius 1 is 1.00 bits per heavy atom. The third-order valence-electron chi connectivity index (χ3n) is 4.30. The van der Waals surface area contributed by atoms with Crippen molar-refractivity contribution < 1.29 is 4.74 Å². The molecule has 94 valence electrons. The van der Waals surface area contributed by atoms with Crippen molar-refractivity contribution in [2.75, 3.05) is 6.54 Å². The second kappa shape index (κ2) is 6.02. The highest BCUT2D eigenvalue weighted by Crippen LogP contribution is 2.31. The molecule has 2 saturated carbocycles. The predicted molar refractivity (Wildman–Crippen MR) is 67.6 cm³/mol. The van der Waals surface area contributed by atoms with Crippen molar-refractivity contribution in [1.29, 1.82) is 0 Å². The Bertz CT molecular complexity index is 207. The summed E-state index contributed by atoms with van der Waals surface area (Å²) >= 11 is 0. The molecular weight excluding hydrogens is 198 g/mol. The fourth-order valence-corrected chi connectivity index (χ4v) is 3.29. The molecule has 2 fully saturated rings. The average molecular weight is 225 g/mol. The summed E-state index contributed by atoms with van der Waals surface area (Å²) in [5.41, 5.74) is 0. The van der Waals surface area contributed by atoms with E-state index in [4.69, 9.17) is 4.74 Å². The van der Waals surface area contributed by atoms with Crippen molar-refractivity contribution in [2.45, 2.75) is 77.0 Å². The molecule has 2 nitrogen and oxygen atoms in total. The monoisotopic (exact) mass is 225 g/mol. The van der Waals surface area contributed by atoms with Crippen LogP contribution in [0.4, 0.5) is 0 Å². The van der Waals surface area contributed by atoms with Gasteiger partial charge >= 0.3 is 0 Å². The summed E-state index contributed by atoms with van der Waals surface area (Å²) in [6, 6.07) is 0.624. The van der Waals surface area contributed by atoms with Crippen molar-refractivity contribution in [3.05, 3.63) is 0 Å². The van der Waals surface area contributed by atoms with Crippen molar-refractivity contribution in [1.82, 2.24) is 5.32 Å². The molecule has 0 aliphatic heterocycles. The molecule has 0 saturated heterocycles. The molecule has 0 bridgehead atoms. The highest BCUT2D eigenvalue weighted by atomic mass is 16.5. The molecule has 4 atom stereocenters. The van der Waals surface area contributed by atoms with Gasteiger partial charge in [0, 0.05) is 6.04 Å². The Balaban J connectivity index is 1.82. The minimum Gasteiger partial charge on any atom is -0.373 e. The Kier molecular flexibility index (Phi) is 4.66. The first kappa shape index (κ1) is 12.4. The van der Waals surface area contributed by atoms with E-state index in [0.29, 0.717) is 18.2 Å². The van der Waals surface area contributed by atoms with Crippen LogP contribution in [-0.4, -0.2) is 24.8 Å². The third kappa shape index (κ3) is 2.98. The molecule has 2 rings (SSSR count). The summed E-state index contributed by atoms with van der Waals surface area (Å²) in [6.45, 7) is 5.63. The molecule has 0 heterocycles. The van der Waals surface area contributed by atoms with Crippen molar-refractivity contribution in [2.24, 2.45) is 5.92 Å². The van der Waals surface area contributed by atoms with E-state index in [9.17, 15) is 0 Å². The molecule has 2 aliphatic rings. The molecule has 4 unspecified atom stereocenters. The molecule has 0 aromatic carbocycles. The number of hydrogen-bond donors (Lipinski definition) is 1. The molecule has 0 radical (unpaired) electrons. The normalized spacial score (nSPS) is 40.1. The van der Waals surface area contributed by atoms with Crippen LogP contribution in [0.5, 0.6) is 0 Å². The number of likely N-dealkylation sites (N-methyl/N-ethyl adjacent to an activating group) is 1. The molecule has 0 amide bonds. The molecule has 2 aliphatic carbocycles. The second-order valence-corrected chi connectivity index (χ2v) is 5.57. The van der Waals surface area contributed by atoms with Crippen LogP contribution in [0.1, 0.15) is 58.8 Å². The maximum atomic E-state index is 6.37. The van der Waals surface area contributed by atoms with E-state index in [-0.39, 0.29) is 0 Å². The zero-order valence-electron chi connectivity index (χ0n) is 10.9. The van der Waals surface area contributed by atoms with E-state index in [1.54, 1.807) is 0 Å². The number of ether oxygens (including phenoxy) is 1. The van der Waals surface area contributed by atoms with Gasteiger partial charge in [-0.05, 0) is 44.6 Å². The molecule has 0 aromatic rings. The van der Waals surface area contributed by atoms with Crippen LogP contribution in [0, 0.1) is 5.92 Å². The summed E-state index contributed by atoms with van der Waals surface area (Å²) in [5, 5.41) is 3.57. The van der Waals surface area contributed by atoms with Crippen LogP contribution >= 0.6 is 0 Å². The topological polar surface area (TPSA) is 21.3 Å². The van der Waals surface area contributed by atoms with E-state index in [2.05, 4.69) is 19.2 Å². The van der Waals surface area contributed by atoms with Gasteiger partial charge in [-0.3, -0.25) is 0 Å². The molecule has 2 heteroatoms. The largest absolute Gasteiger partial charge is 0.373 e. The highest BCUT2D eigenvalue weighted by molar-refractivity contribution is 4.86. The summed E-state index contributed by atoms with van der Waals surface area (Å²) in [7, 11) is 0. The molecule has 0 aromatic heterocycles. The third-order valence-corrected chi connectivity index (χ3v) is 4.30. The Hall–Kier alpha value is -0.0800. The summed E-state index contributed by atoms with van der Waals surface area (Å²) in [6.07, 6.45) is 10.4. The van der Waals surface area contributed by atoms with Gasteiger partial charge < -0.3 is 10.1 Å². The van der Waals surface area contributed by atoms with E-state index in [1.165, 1.54) is 44.9 Å². The van der Waals surface area contributed by atoms with Crippen LogP contribution in [0.15, 0.2) is 0 Å². The van der Waals surface area contributed by atoms with E-state index in [1.807, 2.05) is 0 Å². The quantitative estimate of drug-likeness (QED) is 0.794. The summed E-state index contributed by atoms with van der Waals surface area (Å²) in [4.78, 5) is 0. The first-order chi connectivity index (χ1) is 7.81. The van der Waals surface area contributed by atoms with E-state index < -0.39 is 0 Å². The fourth-order valence-electron chi connectivity index (χ4n) is 3.29. The van der Waals surface area contributed by atoms with Crippen LogP contribution in [-0.2, 0) is 4.74 Å². The van der Waals surface area contributed by atoms with Crippen LogP contribution in [0.25, 0.3) is 0 Å². The molecule has 16 heavy (non-hydrogen) atoms. The van der Waals surface area contributed by atoms with Crippen molar-refractivity contribution in [3.8, 4) is 0 Å². The van der Waals surface area contributed by atoms with Gasteiger partial charge in [-0.2, -0.15) is 0 Å². The highest BCUT2D eigenvalue weighted by Gasteiger charge is 2.32. The maximum absolute atomic E-state index is 6.37. The Morgan fingerprint density at radius 3 is 2.50 bits per heavy atom. The van der Waals surface area contributed by atoms with Gasteiger partial charge in [0.1, 0.15) is 0 Å². The minimum atomic E-state index is 0.491. The lowest BCUT2D eigenvalue weighted by molar-refractivity contribution is -0.0616. The van der Waals surface area contributed by atoms with E-state index in [0.717, 1.165) is 12.5 Å². The molecule has 0 spiro atoms. The van der Waals surface area contributed by atoms with Crippen molar-refractivity contribution in [3.63, 3.8) is 0 Å². The number of hydrogen-bond acceptors (Lipinski definition) is 2. The van der Waals surface area contributed by atoms with Crippen LogP contribution in [0.2, 0.25) is 0 Å². The van der Waals surface area contributed by atoms with Gasteiger partial charge in [-0.1, -0.05) is 26.7 Å². The zero-order valence-corrected chi connectivity index (χ0v) is 10.9. The first-order valence-electron chi connectivity index (χ1n) is 7.20. The van der Waals surface area contributed by atoms with Crippen LogP contribution in [0.3, 0.4) is 0 Å². The van der Waals surface area contributed by atoms with E-state index >= 15 is 0 Å². The zero-order chi connectivity index (χ0) is 11.4. The smallest absolute Gasteiger partial charge is 0.0731 e. The SMILES string of the molecule is CCNC1CCCC1OC1CCCCC1C. The average Bonchev–Trinajstić information content (AvgIpc) is 2.70. The second-order valence-electron chi connectivity index (χ2n) is 5.57. The van der Waals surface area contributed by atoms with Gasteiger partial charge in [-0.15, -0.1) is 0 Å². The summed E-state index contributed by atoms with van der Waals surface area (Å²) in [5.74, 6) is 0.775. The number of rotatable bonds is 4. The van der Waals surface area contributed by atoms with Gasteiger partial charge in [0.15, 0.2) is 0 Å². The standard InChI is InChI=1S/C14H27NO/c1-3-15-12-8-6-10-14(12)16-13-9-5-4-7-11(13)2/h11-15H,3-10H2,1-2H3. The lowest BCUT2D eigenvalue weighted by Gasteiger charge is -2.33. The predicted octanol–water partition coefficient (Wildman–Crippen LogP) is 3.11. The Labute approximate surface area is 100 Å². The van der Waals surface area contributed by atoms with Gasteiger partial charge in [0.2, 0.25) is 0 Å². The minimum absolute atomic E-state index is 0.491. The Morgan fingerprint density at radius 2 is 1.75 bits per heavy atom. The lowest BCUT2D eigenvalue weighted by atomic mass is 9.88.